The first kappa shape index (κ1) is 90.2. The number of unbranched alkanes of at least 4 members (excludes halogenated alkanes) is 29. The Morgan fingerprint density at radius 1 is 0.298 bits per heavy atom. The van der Waals surface area contributed by atoms with Crippen LogP contribution < -0.4 is 0 Å². The van der Waals surface area contributed by atoms with Gasteiger partial charge in [0.25, 0.3) is 0 Å². The molecule has 0 aliphatic carbocycles. The molecule has 94 heavy (non-hydrogen) atoms. The summed E-state index contributed by atoms with van der Waals surface area (Å²) in [6, 6.07) is 0. The highest BCUT2D eigenvalue weighted by Crippen LogP contribution is 2.45. The van der Waals surface area contributed by atoms with Gasteiger partial charge in [-0.3, -0.25) is 37.3 Å². The molecule has 0 saturated carbocycles. The Hall–Kier alpha value is -3.76. The Morgan fingerprint density at radius 2 is 0.543 bits per heavy atom. The summed E-state index contributed by atoms with van der Waals surface area (Å²) in [6.45, 7) is 4.62. The normalized spacial score (nSPS) is 14.5. The predicted molar refractivity (Wildman–Crippen MR) is 381 cm³/mol. The molecule has 19 heteroatoms. The Balaban J connectivity index is 5.35. The number of phosphoric ester groups is 2. The van der Waals surface area contributed by atoms with Gasteiger partial charge in [-0.15, -0.1) is 0 Å². The van der Waals surface area contributed by atoms with Gasteiger partial charge in [0.15, 0.2) is 12.2 Å². The minimum absolute atomic E-state index is 0.0760. The number of rotatable bonds is 69. The molecule has 0 bridgehead atoms. The van der Waals surface area contributed by atoms with E-state index in [-0.39, 0.29) is 25.7 Å². The average molecular weight is 1370 g/mol. The van der Waals surface area contributed by atoms with E-state index in [1.165, 1.54) is 38.5 Å². The minimum Gasteiger partial charge on any atom is -0.462 e. The number of esters is 4. The molecule has 0 rings (SSSR count). The fourth-order valence-corrected chi connectivity index (χ4v) is 11.2. The lowest BCUT2D eigenvalue weighted by Gasteiger charge is -2.21. The number of phosphoric acid groups is 2. The number of hydrogen-bond acceptors (Lipinski definition) is 15. The van der Waals surface area contributed by atoms with E-state index in [1.54, 1.807) is 0 Å². The molecule has 5 unspecified atom stereocenters. The highest BCUT2D eigenvalue weighted by atomic mass is 31.2. The number of carbonyl (C=O) groups excluding carboxylic acids is 4. The lowest BCUT2D eigenvalue weighted by molar-refractivity contribution is -0.161. The van der Waals surface area contributed by atoms with E-state index in [0.29, 0.717) is 25.7 Å². The van der Waals surface area contributed by atoms with Crippen LogP contribution in [-0.2, 0) is 65.4 Å². The molecule has 544 valence electrons. The molecule has 0 heterocycles. The van der Waals surface area contributed by atoms with Crippen LogP contribution in [0.5, 0.6) is 0 Å². The molecule has 0 aliphatic rings. The first-order valence-corrected chi connectivity index (χ1v) is 39.8. The number of carbonyl (C=O) groups is 4. The molecule has 0 radical (unpaired) electrons. The van der Waals surface area contributed by atoms with Gasteiger partial charge in [-0.2, -0.15) is 0 Å². The van der Waals surface area contributed by atoms with Crippen molar-refractivity contribution in [3.63, 3.8) is 0 Å². The van der Waals surface area contributed by atoms with Crippen molar-refractivity contribution < 1.29 is 80.2 Å². The predicted octanol–water partition coefficient (Wildman–Crippen LogP) is 20.7. The third kappa shape index (κ3) is 66.8. The maximum Gasteiger partial charge on any atom is 0.472 e. The summed E-state index contributed by atoms with van der Waals surface area (Å²) in [5.41, 5.74) is 0. The summed E-state index contributed by atoms with van der Waals surface area (Å²) in [5.74, 6) is -2.22. The van der Waals surface area contributed by atoms with Crippen molar-refractivity contribution in [2.75, 3.05) is 39.6 Å². The second-order valence-electron chi connectivity index (χ2n) is 24.5. The van der Waals surface area contributed by atoms with E-state index < -0.39 is 97.5 Å². The minimum atomic E-state index is -4.97. The van der Waals surface area contributed by atoms with Crippen molar-refractivity contribution >= 4 is 39.5 Å². The third-order valence-corrected chi connectivity index (χ3v) is 17.1. The molecule has 0 fully saturated rings. The maximum atomic E-state index is 13.0. The number of hydrogen-bond donors (Lipinski definition) is 3. The van der Waals surface area contributed by atoms with Crippen molar-refractivity contribution in [3.8, 4) is 0 Å². The quantitative estimate of drug-likeness (QED) is 0.0169. The summed E-state index contributed by atoms with van der Waals surface area (Å²) >= 11 is 0. The zero-order valence-corrected chi connectivity index (χ0v) is 60.9. The first-order chi connectivity index (χ1) is 45.7. The molecule has 0 aromatic heterocycles. The number of allylic oxidation sites excluding steroid dienone is 14. The highest BCUT2D eigenvalue weighted by molar-refractivity contribution is 7.47. The monoisotopic (exact) mass is 1370 g/mol. The van der Waals surface area contributed by atoms with Crippen LogP contribution in [-0.4, -0.2) is 96.7 Å². The Labute approximate surface area is 570 Å². The van der Waals surface area contributed by atoms with Crippen LogP contribution in [0.1, 0.15) is 310 Å². The molecule has 0 saturated heterocycles. The van der Waals surface area contributed by atoms with E-state index in [4.69, 9.17) is 37.0 Å². The van der Waals surface area contributed by atoms with Gasteiger partial charge in [0.2, 0.25) is 0 Å². The zero-order chi connectivity index (χ0) is 69.0. The van der Waals surface area contributed by atoms with Crippen LogP contribution >= 0.6 is 15.6 Å². The summed E-state index contributed by atoms with van der Waals surface area (Å²) in [5, 5.41) is 10.6. The van der Waals surface area contributed by atoms with Crippen molar-refractivity contribution in [3.05, 3.63) is 85.1 Å². The highest BCUT2D eigenvalue weighted by Gasteiger charge is 2.30. The van der Waals surface area contributed by atoms with E-state index in [2.05, 4.69) is 113 Å². The third-order valence-electron chi connectivity index (χ3n) is 15.2. The van der Waals surface area contributed by atoms with Crippen molar-refractivity contribution in [2.45, 2.75) is 329 Å². The van der Waals surface area contributed by atoms with E-state index >= 15 is 0 Å². The van der Waals surface area contributed by atoms with Crippen molar-refractivity contribution in [1.82, 2.24) is 0 Å². The summed E-state index contributed by atoms with van der Waals surface area (Å²) in [7, 11) is -9.95. The summed E-state index contributed by atoms with van der Waals surface area (Å²) in [4.78, 5) is 72.7. The van der Waals surface area contributed by atoms with Crippen LogP contribution in [0.25, 0.3) is 0 Å². The van der Waals surface area contributed by atoms with Gasteiger partial charge in [-0.25, -0.2) is 9.13 Å². The lowest BCUT2D eigenvalue weighted by atomic mass is 10.1. The molecule has 0 amide bonds. The largest absolute Gasteiger partial charge is 0.472 e. The van der Waals surface area contributed by atoms with Gasteiger partial charge in [0.1, 0.15) is 19.3 Å². The van der Waals surface area contributed by atoms with Gasteiger partial charge in [0, 0.05) is 25.7 Å². The zero-order valence-electron chi connectivity index (χ0n) is 59.1. The van der Waals surface area contributed by atoms with Crippen LogP contribution in [0.2, 0.25) is 0 Å². The fraction of sp³-hybridized carbons (Fsp3) is 0.760. The standard InChI is InChI=1S/C75H132O17P2/c1-5-9-13-17-21-25-29-33-34-38-40-44-48-52-56-60-73(78)86-66-71(92-75(80)62-58-54-50-46-42-37-32-28-24-20-16-12-8-4)68-90-94(83,84)88-64-69(76)63-87-93(81,82)89-67-70(91-74(79)61-57-53-49-45-41-36-31-27-23-19-15-11-7-3)65-85-72(77)59-55-51-47-43-39-35-30-26-22-18-14-10-6-2/h14-16,18-20,26-28,30-34,69-71,76H,5-13,17,21-25,29,35-68H2,1-4H3,(H,81,82)(H,83,84)/b18-14-,19-15-,20-16-,30-26-,31-27-,32-28-,34-33-. The number of aliphatic hydroxyl groups is 1. The van der Waals surface area contributed by atoms with Crippen molar-refractivity contribution in [2.24, 2.45) is 0 Å². The van der Waals surface area contributed by atoms with Gasteiger partial charge in [-0.1, -0.05) is 241 Å². The van der Waals surface area contributed by atoms with Crippen LogP contribution in [0, 0.1) is 0 Å². The first-order valence-electron chi connectivity index (χ1n) is 36.8. The molecule has 0 aromatic rings. The molecule has 0 spiro atoms. The molecule has 0 aromatic carbocycles. The van der Waals surface area contributed by atoms with E-state index in [1.807, 2.05) is 0 Å². The maximum absolute atomic E-state index is 13.0. The van der Waals surface area contributed by atoms with Gasteiger partial charge in [0.05, 0.1) is 26.4 Å². The fourth-order valence-electron chi connectivity index (χ4n) is 9.62. The SMILES string of the molecule is CCC/C=C\C/C=C\CCCCCCCC(=O)OCC(COP(=O)(O)OCC(O)COP(=O)(O)OCC(COC(=O)CCCCCCC/C=C\CCCCCCCC)OC(=O)CCCCCCC/C=C\C/C=C\CCC)OC(=O)CCCCCCC/C=C\C/C=C\CCC. The number of aliphatic hydroxyl groups excluding tert-OH is 1. The Morgan fingerprint density at radius 3 is 0.840 bits per heavy atom. The van der Waals surface area contributed by atoms with E-state index in [9.17, 15) is 43.2 Å². The topological polar surface area (TPSA) is 237 Å². The smallest absolute Gasteiger partial charge is 0.462 e. The van der Waals surface area contributed by atoms with Crippen LogP contribution in [0.3, 0.4) is 0 Å². The molecule has 0 aliphatic heterocycles. The molecule has 3 N–H and O–H groups in total. The molecule has 17 nitrogen and oxygen atoms in total. The molecular weight excluding hydrogens is 1230 g/mol. The van der Waals surface area contributed by atoms with Crippen LogP contribution in [0.4, 0.5) is 0 Å². The van der Waals surface area contributed by atoms with Gasteiger partial charge >= 0.3 is 39.5 Å². The average Bonchev–Trinajstić information content (AvgIpc) is 2.45. The van der Waals surface area contributed by atoms with Crippen LogP contribution in [0.15, 0.2) is 85.1 Å². The summed E-state index contributed by atoms with van der Waals surface area (Å²) < 4.78 is 68.3. The Kier molecular flexibility index (Phi) is 65.1. The van der Waals surface area contributed by atoms with Gasteiger partial charge < -0.3 is 33.8 Å². The molecule has 5 atom stereocenters. The van der Waals surface area contributed by atoms with Gasteiger partial charge in [-0.05, 0) is 128 Å². The second kappa shape index (κ2) is 67.8. The van der Waals surface area contributed by atoms with Crippen molar-refractivity contribution in [1.29, 1.82) is 0 Å². The van der Waals surface area contributed by atoms with E-state index in [0.717, 1.165) is 193 Å². The second-order valence-corrected chi connectivity index (χ2v) is 27.4. The summed E-state index contributed by atoms with van der Waals surface area (Å²) in [6.07, 6.45) is 67.3. The Bertz CT molecular complexity index is 2120. The molecular formula is C75H132O17P2. The number of ether oxygens (including phenoxy) is 4. The lowest BCUT2D eigenvalue weighted by Crippen LogP contribution is -2.30.